The fourth-order valence-electron chi connectivity index (χ4n) is 0.670. The summed E-state index contributed by atoms with van der Waals surface area (Å²) in [6.45, 7) is 3.97. The lowest BCUT2D eigenvalue weighted by atomic mass is 10.2. The number of hydrogen-bond acceptors (Lipinski definition) is 1. The number of rotatable bonds is 0. The van der Waals surface area contributed by atoms with Gasteiger partial charge >= 0.3 is 0 Å². The van der Waals surface area contributed by atoms with Gasteiger partial charge in [0.2, 0.25) is 0 Å². The molecule has 1 aromatic carbocycles. The predicted molar refractivity (Wildman–Crippen MR) is 54.7 cm³/mol. The van der Waals surface area contributed by atoms with E-state index in [4.69, 9.17) is 12.2 Å². The highest BCUT2D eigenvalue weighted by Gasteiger charge is 1.81. The van der Waals surface area contributed by atoms with Crippen LogP contribution in [0, 0.1) is 19.3 Å². The van der Waals surface area contributed by atoms with Gasteiger partial charge in [-0.1, -0.05) is 19.1 Å². The topological polar surface area (TPSA) is 26.0 Å². The van der Waals surface area contributed by atoms with Gasteiger partial charge in [-0.3, -0.25) is 0 Å². The van der Waals surface area contributed by atoms with Gasteiger partial charge in [-0.2, -0.15) is 0 Å². The number of anilines is 1. The molecule has 0 heterocycles. The summed E-state index contributed by atoms with van der Waals surface area (Å²) >= 11 is 0. The number of nitrogen functional groups attached to an aromatic ring is 1. The van der Waals surface area contributed by atoms with Gasteiger partial charge < -0.3 is 5.73 Å². The maximum absolute atomic E-state index is 5.46. The quantitative estimate of drug-likeness (QED) is 0.459. The van der Waals surface area contributed by atoms with Gasteiger partial charge in [0.15, 0.2) is 0 Å². The molecule has 0 spiro atoms. The second-order valence-corrected chi connectivity index (χ2v) is 2.47. The molecule has 0 aliphatic rings. The second kappa shape index (κ2) is 6.30. The van der Waals surface area contributed by atoms with Crippen LogP contribution >= 0.6 is 0 Å². The molecule has 0 aromatic heterocycles. The van der Waals surface area contributed by atoms with E-state index in [1.54, 1.807) is 0 Å². The van der Waals surface area contributed by atoms with E-state index < -0.39 is 0 Å². The van der Waals surface area contributed by atoms with Crippen molar-refractivity contribution in [3.05, 3.63) is 29.8 Å². The van der Waals surface area contributed by atoms with E-state index >= 15 is 0 Å². The fraction of sp³-hybridized carbons (Fsp3) is 0.273. The largest absolute Gasteiger partial charge is 0.399 e. The van der Waals surface area contributed by atoms with Crippen LogP contribution in [0.1, 0.15) is 18.9 Å². The Kier molecular flexibility index (Phi) is 5.55. The van der Waals surface area contributed by atoms with Crippen LogP contribution in [-0.2, 0) is 0 Å². The van der Waals surface area contributed by atoms with Crippen molar-refractivity contribution in [2.75, 3.05) is 5.73 Å². The van der Waals surface area contributed by atoms with Gasteiger partial charge in [-0.15, -0.1) is 12.3 Å². The van der Waals surface area contributed by atoms with Gasteiger partial charge in [0.05, 0.1) is 0 Å². The van der Waals surface area contributed by atoms with Crippen LogP contribution in [0.4, 0.5) is 5.69 Å². The molecule has 2 N–H and O–H groups in total. The molecule has 1 rings (SSSR count). The van der Waals surface area contributed by atoms with Crippen LogP contribution in [0.25, 0.3) is 0 Å². The lowest BCUT2D eigenvalue weighted by Crippen LogP contribution is -1.82. The number of nitrogens with two attached hydrogens (primary N) is 1. The summed E-state index contributed by atoms with van der Waals surface area (Å²) in [5.41, 5.74) is 7.51. The van der Waals surface area contributed by atoms with Gasteiger partial charge in [0.1, 0.15) is 0 Å². The van der Waals surface area contributed by atoms with Crippen molar-refractivity contribution in [2.24, 2.45) is 0 Å². The first-order valence-corrected chi connectivity index (χ1v) is 3.96. The lowest BCUT2D eigenvalue weighted by molar-refractivity contribution is 1.28. The number of benzene rings is 1. The first kappa shape index (κ1) is 10.6. The second-order valence-electron chi connectivity index (χ2n) is 2.47. The minimum absolute atomic E-state index is 0.838. The molecule has 0 aliphatic carbocycles. The zero-order chi connectivity index (χ0) is 9.40. The molecule has 0 radical (unpaired) electrons. The van der Waals surface area contributed by atoms with Gasteiger partial charge in [-0.25, -0.2) is 0 Å². The van der Waals surface area contributed by atoms with Crippen LogP contribution in [0.15, 0.2) is 24.3 Å². The van der Waals surface area contributed by atoms with Crippen LogP contribution in [0.5, 0.6) is 0 Å². The van der Waals surface area contributed by atoms with E-state index in [9.17, 15) is 0 Å². The molecule has 1 nitrogen and oxygen atoms in total. The lowest BCUT2D eigenvalue weighted by Gasteiger charge is -1.91. The Morgan fingerprint density at radius 3 is 2.33 bits per heavy atom. The average Bonchev–Trinajstić information content (AvgIpc) is 2.04. The van der Waals surface area contributed by atoms with E-state index in [1.807, 2.05) is 38.1 Å². The van der Waals surface area contributed by atoms with E-state index in [-0.39, 0.29) is 0 Å². The van der Waals surface area contributed by atoms with E-state index in [0.717, 1.165) is 12.1 Å². The maximum atomic E-state index is 5.46. The molecule has 0 aliphatic heterocycles. The predicted octanol–water partition coefficient (Wildman–Crippen LogP) is 2.61. The Morgan fingerprint density at radius 1 is 1.50 bits per heavy atom. The van der Waals surface area contributed by atoms with E-state index in [1.165, 1.54) is 5.56 Å². The monoisotopic (exact) mass is 161 g/mol. The van der Waals surface area contributed by atoms with Gasteiger partial charge in [0.25, 0.3) is 0 Å². The first-order chi connectivity index (χ1) is 5.70. The van der Waals surface area contributed by atoms with Crippen molar-refractivity contribution in [3.8, 4) is 12.3 Å². The molecule has 64 valence electrons. The van der Waals surface area contributed by atoms with Crippen LogP contribution in [0.2, 0.25) is 0 Å². The Bertz CT molecular complexity index is 241. The highest BCUT2D eigenvalue weighted by Crippen LogP contribution is 2.03. The summed E-state index contributed by atoms with van der Waals surface area (Å²) in [6.07, 6.45) is 5.62. The molecular formula is C11H15N. The number of hydrogen-bond donors (Lipinski definition) is 1. The number of aryl methyl sites for hydroxylation is 1. The summed E-state index contributed by atoms with van der Waals surface area (Å²) in [6, 6.07) is 7.80. The molecule has 0 bridgehead atoms. The molecule has 1 aromatic rings. The summed E-state index contributed by atoms with van der Waals surface area (Å²) in [7, 11) is 0. The minimum Gasteiger partial charge on any atom is -0.399 e. The van der Waals surface area contributed by atoms with Crippen LogP contribution < -0.4 is 5.73 Å². The Hall–Kier alpha value is -1.42. The highest BCUT2D eigenvalue weighted by atomic mass is 14.5. The molecule has 12 heavy (non-hydrogen) atoms. The Balaban J connectivity index is 0.000000261. The van der Waals surface area contributed by atoms with E-state index in [0.29, 0.717) is 0 Å². The molecule has 0 amide bonds. The van der Waals surface area contributed by atoms with Crippen molar-refractivity contribution >= 4 is 5.69 Å². The summed E-state index contributed by atoms with van der Waals surface area (Å²) in [4.78, 5) is 0. The summed E-state index contributed by atoms with van der Waals surface area (Å²) in [5, 5.41) is 0. The smallest absolute Gasteiger partial charge is 0.0316 e. The number of terminal acetylenes is 1. The maximum Gasteiger partial charge on any atom is 0.0316 e. The third-order valence-electron chi connectivity index (χ3n) is 1.25. The van der Waals surface area contributed by atoms with Gasteiger partial charge in [0, 0.05) is 12.1 Å². The van der Waals surface area contributed by atoms with E-state index in [2.05, 4.69) is 5.92 Å². The summed E-state index contributed by atoms with van der Waals surface area (Å²) < 4.78 is 0. The van der Waals surface area contributed by atoms with Crippen LogP contribution in [-0.4, -0.2) is 0 Å². The Morgan fingerprint density at radius 2 is 2.08 bits per heavy atom. The van der Waals surface area contributed by atoms with Crippen molar-refractivity contribution < 1.29 is 0 Å². The standard InChI is InChI=1S/C7H9N.C4H6/c1-6-3-2-4-7(8)5-6;1-3-4-2/h2-5H,8H2,1H3;1H,4H2,2H3. The van der Waals surface area contributed by atoms with Crippen molar-refractivity contribution in [2.45, 2.75) is 20.3 Å². The third-order valence-corrected chi connectivity index (χ3v) is 1.25. The molecule has 0 saturated heterocycles. The van der Waals surface area contributed by atoms with Crippen molar-refractivity contribution in [3.63, 3.8) is 0 Å². The molecular weight excluding hydrogens is 146 g/mol. The zero-order valence-corrected chi connectivity index (χ0v) is 7.67. The summed E-state index contributed by atoms with van der Waals surface area (Å²) in [5.74, 6) is 2.43. The molecule has 1 heteroatoms. The zero-order valence-electron chi connectivity index (χ0n) is 7.67. The SMILES string of the molecule is C#CCC.Cc1cccc(N)c1. The van der Waals surface area contributed by atoms with Crippen molar-refractivity contribution in [1.29, 1.82) is 0 Å². The molecule has 0 fully saturated rings. The first-order valence-electron chi connectivity index (χ1n) is 3.96. The highest BCUT2D eigenvalue weighted by molar-refractivity contribution is 5.39. The van der Waals surface area contributed by atoms with Crippen molar-refractivity contribution in [1.82, 2.24) is 0 Å². The van der Waals surface area contributed by atoms with Crippen LogP contribution in [0.3, 0.4) is 0 Å². The Labute approximate surface area is 74.6 Å². The van der Waals surface area contributed by atoms with Gasteiger partial charge in [-0.05, 0) is 24.6 Å². The average molecular weight is 161 g/mol. The fourth-order valence-corrected chi connectivity index (χ4v) is 0.670. The minimum atomic E-state index is 0.838. The third kappa shape index (κ3) is 5.37. The molecule has 0 unspecified atom stereocenters. The molecule has 0 atom stereocenters. The normalized spacial score (nSPS) is 7.75. The molecule has 0 saturated carbocycles.